The highest BCUT2D eigenvalue weighted by Crippen LogP contribution is 2.27. The summed E-state index contributed by atoms with van der Waals surface area (Å²) in [6.07, 6.45) is 0. The molecule has 1 fully saturated rings. The van der Waals surface area contributed by atoms with Gasteiger partial charge in [-0.25, -0.2) is 4.39 Å². The van der Waals surface area contributed by atoms with E-state index >= 15 is 0 Å². The smallest absolute Gasteiger partial charge is 0.282 e. The zero-order chi connectivity index (χ0) is 20.8. The molecule has 0 spiro atoms. The lowest BCUT2D eigenvalue weighted by atomic mass is 10.1. The first-order valence-electron chi connectivity index (χ1n) is 9.96. The molecule has 1 aliphatic rings. The van der Waals surface area contributed by atoms with Crippen molar-refractivity contribution in [2.24, 2.45) is 0 Å². The normalized spacial score (nSPS) is 20.0. The number of piperazine rings is 1. The summed E-state index contributed by atoms with van der Waals surface area (Å²) in [5, 5.41) is 2.71. The molecule has 2 aromatic rings. The van der Waals surface area contributed by atoms with Crippen LogP contribution in [0.15, 0.2) is 42.5 Å². The first-order chi connectivity index (χ1) is 14.0. The van der Waals surface area contributed by atoms with Crippen molar-refractivity contribution < 1.29 is 28.5 Å². The molecule has 7 heteroatoms. The van der Waals surface area contributed by atoms with Crippen LogP contribution < -0.4 is 24.6 Å². The van der Waals surface area contributed by atoms with Gasteiger partial charge in [0.1, 0.15) is 38.5 Å². The molecule has 0 aromatic heterocycles. The fourth-order valence-electron chi connectivity index (χ4n) is 3.80. The number of hydrogen-bond donors (Lipinski definition) is 3. The third-order valence-electron chi connectivity index (χ3n) is 5.64. The van der Waals surface area contributed by atoms with Crippen LogP contribution in [0.3, 0.4) is 0 Å². The number of hydrogen-bond acceptors (Lipinski definition) is 3. The number of anilines is 1. The second-order valence-electron chi connectivity index (χ2n) is 7.47. The van der Waals surface area contributed by atoms with E-state index in [9.17, 15) is 9.18 Å². The highest BCUT2D eigenvalue weighted by molar-refractivity contribution is 5.93. The first-order valence-corrected chi connectivity index (χ1v) is 9.96. The average molecular weight is 403 g/mol. The number of ether oxygens (including phenoxy) is 2. The third kappa shape index (κ3) is 5.25. The molecule has 0 saturated carbocycles. The monoisotopic (exact) mass is 403 g/mol. The fourth-order valence-corrected chi connectivity index (χ4v) is 3.80. The van der Waals surface area contributed by atoms with Crippen LogP contribution in [-0.4, -0.2) is 52.3 Å². The van der Waals surface area contributed by atoms with Crippen molar-refractivity contribution in [1.82, 2.24) is 0 Å². The zero-order valence-electron chi connectivity index (χ0n) is 17.3. The molecule has 2 aromatic carbocycles. The van der Waals surface area contributed by atoms with E-state index in [0.29, 0.717) is 0 Å². The van der Waals surface area contributed by atoms with Crippen molar-refractivity contribution in [2.45, 2.75) is 19.5 Å². The summed E-state index contributed by atoms with van der Waals surface area (Å²) in [6.45, 7) is 6.55. The lowest BCUT2D eigenvalue weighted by molar-refractivity contribution is -1.02. The van der Waals surface area contributed by atoms with E-state index in [1.807, 2.05) is 19.1 Å². The van der Waals surface area contributed by atoms with Gasteiger partial charge in [0.05, 0.1) is 19.9 Å². The topological polar surface area (TPSA) is 56.4 Å². The number of para-hydroxylation sites is 1. The Balaban J connectivity index is 1.52. The van der Waals surface area contributed by atoms with Gasteiger partial charge in [-0.15, -0.1) is 0 Å². The van der Waals surface area contributed by atoms with Gasteiger partial charge in [-0.3, -0.25) is 4.79 Å². The van der Waals surface area contributed by atoms with Gasteiger partial charge in [0.25, 0.3) is 5.91 Å². The van der Waals surface area contributed by atoms with E-state index in [-0.39, 0.29) is 17.6 Å². The Morgan fingerprint density at radius 3 is 2.41 bits per heavy atom. The van der Waals surface area contributed by atoms with E-state index in [4.69, 9.17) is 9.47 Å². The maximum absolute atomic E-state index is 13.8. The molecule has 0 bridgehead atoms. The molecule has 0 aliphatic carbocycles. The molecule has 1 aliphatic heterocycles. The van der Waals surface area contributed by atoms with Gasteiger partial charge in [-0.2, -0.15) is 0 Å². The molecule has 29 heavy (non-hydrogen) atoms. The molecule has 156 valence electrons. The van der Waals surface area contributed by atoms with Crippen LogP contribution in [-0.2, 0) is 11.3 Å². The number of benzene rings is 2. The van der Waals surface area contributed by atoms with Crippen LogP contribution in [0.5, 0.6) is 11.5 Å². The summed E-state index contributed by atoms with van der Waals surface area (Å²) in [5.41, 5.74) is 1.44. The molecule has 1 saturated heterocycles. The van der Waals surface area contributed by atoms with Crippen molar-refractivity contribution in [3.63, 3.8) is 0 Å². The third-order valence-corrected chi connectivity index (χ3v) is 5.64. The first kappa shape index (κ1) is 21.1. The Labute approximate surface area is 171 Å². The van der Waals surface area contributed by atoms with Crippen molar-refractivity contribution in [3.8, 4) is 11.5 Å². The summed E-state index contributed by atoms with van der Waals surface area (Å²) < 4.78 is 24.5. The number of nitrogens with one attached hydrogen (secondary N) is 3. The summed E-state index contributed by atoms with van der Waals surface area (Å²) in [5.74, 6) is 0.919. The van der Waals surface area contributed by atoms with Gasteiger partial charge < -0.3 is 24.6 Å². The van der Waals surface area contributed by atoms with Crippen LogP contribution in [0.4, 0.5) is 10.1 Å². The van der Waals surface area contributed by atoms with Crippen LogP contribution >= 0.6 is 0 Å². The number of quaternary nitrogens is 2. The molecule has 3 N–H and O–H groups in total. The number of rotatable bonds is 7. The minimum absolute atomic E-state index is 0.145. The zero-order valence-corrected chi connectivity index (χ0v) is 17.3. The van der Waals surface area contributed by atoms with Gasteiger partial charge in [0, 0.05) is 5.56 Å². The Hall–Kier alpha value is -2.64. The minimum atomic E-state index is -0.410. The minimum Gasteiger partial charge on any atom is -0.493 e. The van der Waals surface area contributed by atoms with Gasteiger partial charge in [-0.1, -0.05) is 12.1 Å². The van der Waals surface area contributed by atoms with Gasteiger partial charge in [0.15, 0.2) is 17.5 Å². The molecular formula is C22H30FN3O3+2. The van der Waals surface area contributed by atoms with E-state index in [2.05, 4.69) is 11.4 Å². The summed E-state index contributed by atoms with van der Waals surface area (Å²) >= 11 is 0. The number of methoxy groups -OCH3 is 2. The summed E-state index contributed by atoms with van der Waals surface area (Å²) in [7, 11) is 3.28. The van der Waals surface area contributed by atoms with Crippen LogP contribution in [0.2, 0.25) is 0 Å². The van der Waals surface area contributed by atoms with Gasteiger partial charge in [-0.05, 0) is 37.3 Å². The van der Waals surface area contributed by atoms with Crippen LogP contribution in [0, 0.1) is 5.82 Å². The maximum Gasteiger partial charge on any atom is 0.282 e. The SMILES string of the molecule is COc1ccc(C[NH+]2CC[NH+]([C@@H](C)C(=O)Nc3ccccc3F)CC2)cc1OC. The second-order valence-corrected chi connectivity index (χ2v) is 7.47. The molecule has 3 rings (SSSR count). The highest BCUT2D eigenvalue weighted by atomic mass is 19.1. The molecule has 0 unspecified atom stereocenters. The van der Waals surface area contributed by atoms with Crippen LogP contribution in [0.25, 0.3) is 0 Å². The largest absolute Gasteiger partial charge is 0.493 e. The van der Waals surface area contributed by atoms with Crippen molar-refractivity contribution in [1.29, 1.82) is 0 Å². The average Bonchev–Trinajstić information content (AvgIpc) is 2.75. The lowest BCUT2D eigenvalue weighted by Crippen LogP contribution is -3.29. The van der Waals surface area contributed by atoms with E-state index in [0.717, 1.165) is 44.2 Å². The Morgan fingerprint density at radius 1 is 1.07 bits per heavy atom. The molecule has 6 nitrogen and oxygen atoms in total. The Bertz CT molecular complexity index is 838. The molecule has 1 amide bonds. The lowest BCUT2D eigenvalue weighted by Gasteiger charge is -2.32. The molecular weight excluding hydrogens is 373 g/mol. The quantitative estimate of drug-likeness (QED) is 0.617. The van der Waals surface area contributed by atoms with Crippen molar-refractivity contribution in [2.75, 3.05) is 45.7 Å². The second kappa shape index (κ2) is 9.71. The Morgan fingerprint density at radius 2 is 1.76 bits per heavy atom. The fraction of sp³-hybridized carbons (Fsp3) is 0.409. The highest BCUT2D eigenvalue weighted by Gasteiger charge is 2.31. The molecule has 1 heterocycles. The summed E-state index contributed by atoms with van der Waals surface area (Å²) in [4.78, 5) is 15.2. The van der Waals surface area contributed by atoms with Crippen molar-refractivity contribution in [3.05, 3.63) is 53.8 Å². The number of carbonyl (C=O) groups is 1. The van der Waals surface area contributed by atoms with Gasteiger partial charge in [0.2, 0.25) is 0 Å². The number of amides is 1. The van der Waals surface area contributed by atoms with Gasteiger partial charge >= 0.3 is 0 Å². The Kier molecular flexibility index (Phi) is 7.06. The molecule has 1 atom stereocenters. The van der Waals surface area contributed by atoms with Crippen LogP contribution in [0.1, 0.15) is 12.5 Å². The predicted octanol–water partition coefficient (Wildman–Crippen LogP) is 0.154. The van der Waals surface area contributed by atoms with E-state index < -0.39 is 5.82 Å². The van der Waals surface area contributed by atoms with E-state index in [1.165, 1.54) is 21.4 Å². The standard InChI is InChI=1S/C22H28FN3O3/c1-16(22(27)24-19-7-5-4-6-18(19)23)26-12-10-25(11-13-26)15-17-8-9-20(28-2)21(14-17)29-3/h4-9,14,16H,10-13,15H2,1-3H3,(H,24,27)/p+2/t16-/m0/s1. The summed E-state index contributed by atoms with van der Waals surface area (Å²) in [6, 6.07) is 12.1. The number of carbonyl (C=O) groups excluding carboxylic acids is 1. The van der Waals surface area contributed by atoms with Crippen molar-refractivity contribution >= 4 is 11.6 Å². The number of halogens is 1. The molecule has 0 radical (unpaired) electrons. The predicted molar refractivity (Wildman–Crippen MR) is 109 cm³/mol. The van der Waals surface area contributed by atoms with E-state index in [1.54, 1.807) is 32.4 Å². The maximum atomic E-state index is 13.8.